The van der Waals surface area contributed by atoms with Gasteiger partial charge in [-0.1, -0.05) is 23.5 Å². The molecule has 0 radical (unpaired) electrons. The van der Waals surface area contributed by atoms with Gasteiger partial charge in [0.05, 0.1) is 5.69 Å². The summed E-state index contributed by atoms with van der Waals surface area (Å²) in [5, 5.41) is 13.0. The summed E-state index contributed by atoms with van der Waals surface area (Å²) < 4.78 is 0. The summed E-state index contributed by atoms with van der Waals surface area (Å²) in [7, 11) is 0. The fourth-order valence-corrected chi connectivity index (χ4v) is 3.48. The van der Waals surface area contributed by atoms with Crippen LogP contribution in [0.3, 0.4) is 0 Å². The maximum atomic E-state index is 11.1. The molecule has 2 aromatic rings. The van der Waals surface area contributed by atoms with Crippen molar-refractivity contribution >= 4 is 28.1 Å². The molecule has 5 heteroatoms. The van der Waals surface area contributed by atoms with Crippen LogP contribution in [0.4, 0.5) is 10.8 Å². The van der Waals surface area contributed by atoms with Crippen LogP contribution >= 0.6 is 11.3 Å². The second kappa shape index (κ2) is 5.25. The molecular weight excluding hydrogens is 272 g/mol. The third-order valence-electron chi connectivity index (χ3n) is 3.63. The van der Waals surface area contributed by atoms with Gasteiger partial charge in [-0.15, -0.1) is 0 Å². The highest BCUT2D eigenvalue weighted by Gasteiger charge is 2.16. The topological polar surface area (TPSA) is 62.2 Å². The Bertz CT molecular complexity index is 664. The van der Waals surface area contributed by atoms with Crippen molar-refractivity contribution in [3.8, 4) is 0 Å². The van der Waals surface area contributed by atoms with E-state index < -0.39 is 5.97 Å². The van der Waals surface area contributed by atoms with Gasteiger partial charge in [0.25, 0.3) is 0 Å². The van der Waals surface area contributed by atoms with E-state index in [0.29, 0.717) is 15.7 Å². The molecule has 1 aliphatic carbocycles. The number of hydrogen-bond donors (Lipinski definition) is 2. The number of carboxylic acids is 1. The minimum atomic E-state index is -0.914. The number of aromatic carboxylic acids is 1. The van der Waals surface area contributed by atoms with Gasteiger partial charge in [-0.25, -0.2) is 9.78 Å². The molecule has 0 fully saturated rings. The van der Waals surface area contributed by atoms with Gasteiger partial charge in [0, 0.05) is 5.69 Å². The van der Waals surface area contributed by atoms with Crippen molar-refractivity contribution in [2.45, 2.75) is 32.6 Å². The predicted octanol–water partition coefficient (Wildman–Crippen LogP) is 3.77. The third kappa shape index (κ3) is 2.41. The summed E-state index contributed by atoms with van der Waals surface area (Å²) in [4.78, 5) is 15.7. The molecule has 1 heterocycles. The van der Waals surface area contributed by atoms with Crippen LogP contribution in [0.2, 0.25) is 0 Å². The van der Waals surface area contributed by atoms with E-state index in [4.69, 9.17) is 5.11 Å². The summed E-state index contributed by atoms with van der Waals surface area (Å²) in [5.74, 6) is -0.914. The zero-order valence-corrected chi connectivity index (χ0v) is 12.1. The number of fused-ring (bicyclic) bond motifs is 1. The lowest BCUT2D eigenvalue weighted by Crippen LogP contribution is -2.05. The van der Waals surface area contributed by atoms with Gasteiger partial charge in [0.15, 0.2) is 5.13 Å². The predicted molar refractivity (Wildman–Crippen MR) is 80.2 cm³/mol. The molecule has 2 N–H and O–H groups in total. The molecule has 0 unspecified atom stereocenters. The molecule has 20 heavy (non-hydrogen) atoms. The molecule has 1 aliphatic rings. The molecule has 0 saturated heterocycles. The zero-order valence-electron chi connectivity index (χ0n) is 11.3. The Morgan fingerprint density at radius 1 is 1.35 bits per heavy atom. The van der Waals surface area contributed by atoms with Crippen molar-refractivity contribution in [3.05, 3.63) is 39.9 Å². The number of carboxylic acid groups (broad SMARTS) is 1. The Kier molecular flexibility index (Phi) is 3.44. The molecule has 0 aliphatic heterocycles. The molecule has 0 amide bonds. The average Bonchev–Trinajstić information content (AvgIpc) is 2.80. The van der Waals surface area contributed by atoms with Gasteiger partial charge in [-0.05, 0) is 49.8 Å². The van der Waals surface area contributed by atoms with Crippen LogP contribution in [0, 0.1) is 6.92 Å². The number of hydrogen-bond acceptors (Lipinski definition) is 4. The average molecular weight is 288 g/mol. The minimum Gasteiger partial charge on any atom is -0.477 e. The molecular formula is C15H16N2O2S. The summed E-state index contributed by atoms with van der Waals surface area (Å²) in [5.41, 5.74) is 4.37. The Morgan fingerprint density at radius 2 is 2.15 bits per heavy atom. The van der Waals surface area contributed by atoms with Crippen LogP contribution in [-0.4, -0.2) is 16.1 Å². The van der Waals surface area contributed by atoms with Crippen LogP contribution in [0.25, 0.3) is 0 Å². The number of nitrogens with zero attached hydrogens (tertiary/aromatic N) is 1. The van der Waals surface area contributed by atoms with E-state index in [2.05, 4.69) is 16.4 Å². The fraction of sp³-hybridized carbons (Fsp3) is 0.333. The highest BCUT2D eigenvalue weighted by molar-refractivity contribution is 7.17. The number of anilines is 2. The molecule has 4 nitrogen and oxygen atoms in total. The smallest absolute Gasteiger partial charge is 0.347 e. The van der Waals surface area contributed by atoms with Gasteiger partial charge in [0.1, 0.15) is 4.88 Å². The van der Waals surface area contributed by atoms with Crippen molar-refractivity contribution in [2.24, 2.45) is 0 Å². The van der Waals surface area contributed by atoms with Crippen LogP contribution < -0.4 is 5.32 Å². The van der Waals surface area contributed by atoms with E-state index in [0.717, 1.165) is 18.5 Å². The SMILES string of the molecule is Cc1nc(Nc2cccc3c2CCCC3)sc1C(=O)O. The maximum Gasteiger partial charge on any atom is 0.347 e. The monoisotopic (exact) mass is 288 g/mol. The van der Waals surface area contributed by atoms with E-state index in [1.54, 1.807) is 6.92 Å². The lowest BCUT2D eigenvalue weighted by Gasteiger charge is -2.19. The number of aryl methyl sites for hydroxylation is 2. The highest BCUT2D eigenvalue weighted by atomic mass is 32.1. The number of rotatable bonds is 3. The van der Waals surface area contributed by atoms with E-state index in [1.165, 1.54) is 35.3 Å². The lowest BCUT2D eigenvalue weighted by atomic mass is 9.90. The molecule has 1 aromatic carbocycles. The van der Waals surface area contributed by atoms with Gasteiger partial charge < -0.3 is 10.4 Å². The van der Waals surface area contributed by atoms with Crippen LogP contribution in [0.1, 0.15) is 39.3 Å². The van der Waals surface area contributed by atoms with Crippen molar-refractivity contribution in [1.82, 2.24) is 4.98 Å². The van der Waals surface area contributed by atoms with Crippen molar-refractivity contribution < 1.29 is 9.90 Å². The quantitative estimate of drug-likeness (QED) is 0.902. The molecule has 0 saturated carbocycles. The number of benzene rings is 1. The van der Waals surface area contributed by atoms with E-state index >= 15 is 0 Å². The highest BCUT2D eigenvalue weighted by Crippen LogP contribution is 2.32. The van der Waals surface area contributed by atoms with Gasteiger partial charge in [-0.2, -0.15) is 0 Å². The zero-order chi connectivity index (χ0) is 14.1. The molecule has 1 aromatic heterocycles. The molecule has 3 rings (SSSR count). The number of thiazole rings is 1. The van der Waals surface area contributed by atoms with Crippen LogP contribution in [0.15, 0.2) is 18.2 Å². The first-order chi connectivity index (χ1) is 9.65. The molecule has 104 valence electrons. The largest absolute Gasteiger partial charge is 0.477 e. The lowest BCUT2D eigenvalue weighted by molar-refractivity contribution is 0.0701. The number of nitrogens with one attached hydrogen (secondary N) is 1. The normalized spacial score (nSPS) is 13.8. The first-order valence-electron chi connectivity index (χ1n) is 6.73. The first-order valence-corrected chi connectivity index (χ1v) is 7.55. The second-order valence-electron chi connectivity index (χ2n) is 5.01. The van der Waals surface area contributed by atoms with Crippen molar-refractivity contribution in [1.29, 1.82) is 0 Å². The molecule has 0 spiro atoms. The Labute approximate surface area is 121 Å². The van der Waals surface area contributed by atoms with Crippen LogP contribution in [0.5, 0.6) is 0 Å². The minimum absolute atomic E-state index is 0.303. The molecule has 0 bridgehead atoms. The van der Waals surface area contributed by atoms with E-state index in [-0.39, 0.29) is 0 Å². The summed E-state index contributed by atoms with van der Waals surface area (Å²) in [6.45, 7) is 1.73. The standard InChI is InChI=1S/C15H16N2O2S/c1-9-13(14(18)19)20-15(16-9)17-12-8-4-6-10-5-2-3-7-11(10)12/h4,6,8H,2-3,5,7H2,1H3,(H,16,17)(H,18,19). The maximum absolute atomic E-state index is 11.1. The second-order valence-corrected chi connectivity index (χ2v) is 6.01. The van der Waals surface area contributed by atoms with Crippen molar-refractivity contribution in [3.63, 3.8) is 0 Å². The van der Waals surface area contributed by atoms with Crippen LogP contribution in [-0.2, 0) is 12.8 Å². The number of aromatic nitrogens is 1. The first kappa shape index (κ1) is 13.1. The fourth-order valence-electron chi connectivity index (χ4n) is 2.66. The Balaban J connectivity index is 1.92. The van der Waals surface area contributed by atoms with Crippen molar-refractivity contribution in [2.75, 3.05) is 5.32 Å². The van der Waals surface area contributed by atoms with Gasteiger partial charge in [-0.3, -0.25) is 0 Å². The third-order valence-corrected chi connectivity index (χ3v) is 4.69. The van der Waals surface area contributed by atoms with Gasteiger partial charge in [0.2, 0.25) is 0 Å². The number of carbonyl (C=O) groups is 1. The Morgan fingerprint density at radius 3 is 2.90 bits per heavy atom. The summed E-state index contributed by atoms with van der Waals surface area (Å²) in [6, 6.07) is 6.27. The summed E-state index contributed by atoms with van der Waals surface area (Å²) >= 11 is 1.19. The van der Waals surface area contributed by atoms with E-state index in [9.17, 15) is 4.79 Å². The molecule has 0 atom stereocenters. The van der Waals surface area contributed by atoms with E-state index in [1.807, 2.05) is 12.1 Å². The van der Waals surface area contributed by atoms with Gasteiger partial charge >= 0.3 is 5.97 Å². The Hall–Kier alpha value is -1.88. The summed E-state index contributed by atoms with van der Waals surface area (Å²) in [6.07, 6.45) is 4.66.